The molecule has 0 saturated heterocycles. The third-order valence-electron chi connectivity index (χ3n) is 4.41. The Morgan fingerprint density at radius 3 is 1.94 bits per heavy atom. The minimum atomic E-state index is -3.72. The van der Waals surface area contributed by atoms with Crippen molar-refractivity contribution in [2.45, 2.75) is 33.7 Å². The van der Waals surface area contributed by atoms with Gasteiger partial charge in [0.15, 0.2) is 0 Å². The molecule has 0 aliphatic rings. The van der Waals surface area contributed by atoms with E-state index in [1.165, 1.54) is 6.92 Å². The number of hydrogen-bond donors (Lipinski definition) is 1. The fourth-order valence-electron chi connectivity index (χ4n) is 2.92. The van der Waals surface area contributed by atoms with E-state index in [2.05, 4.69) is 10.5 Å². The Morgan fingerprint density at radius 1 is 1.00 bits per heavy atom. The molecule has 1 amide bonds. The van der Waals surface area contributed by atoms with Gasteiger partial charge in [-0.1, -0.05) is 0 Å². The van der Waals surface area contributed by atoms with Crippen LogP contribution in [0, 0.1) is 0 Å². The van der Waals surface area contributed by atoms with E-state index in [0.717, 1.165) is 21.9 Å². The Balaban J connectivity index is 2.16. The minimum absolute atomic E-state index is 0.362. The van der Waals surface area contributed by atoms with Crippen LogP contribution in [0.5, 0.6) is 11.5 Å². The molecular weight excluding hydrogens is 418 g/mol. The third-order valence-corrected chi connectivity index (χ3v) is 5.65. The molecule has 2 rings (SSSR count). The lowest BCUT2D eigenvalue weighted by molar-refractivity contribution is -0.121. The van der Waals surface area contributed by atoms with Crippen molar-refractivity contribution >= 4 is 27.3 Å². The summed E-state index contributed by atoms with van der Waals surface area (Å²) >= 11 is 0. The number of carbonyl (C=O) groups excluding carboxylic acids is 1. The maximum atomic E-state index is 12.7. The highest BCUT2D eigenvalue weighted by molar-refractivity contribution is 7.92. The summed E-state index contributed by atoms with van der Waals surface area (Å²) in [5, 5.41) is 4.12. The number of sulfonamides is 1. The number of hydrazone groups is 1. The van der Waals surface area contributed by atoms with E-state index < -0.39 is 22.0 Å². The molecular formula is C22H29N3O5S. The van der Waals surface area contributed by atoms with Gasteiger partial charge >= 0.3 is 0 Å². The number of ether oxygens (including phenoxy) is 2. The van der Waals surface area contributed by atoms with Crippen LogP contribution < -0.4 is 19.2 Å². The van der Waals surface area contributed by atoms with Crippen LogP contribution in [0.25, 0.3) is 0 Å². The molecule has 31 heavy (non-hydrogen) atoms. The Bertz CT molecular complexity index is 1000. The van der Waals surface area contributed by atoms with Crippen molar-refractivity contribution in [3.8, 4) is 11.5 Å². The average Bonchev–Trinajstić information content (AvgIpc) is 2.73. The Kier molecular flexibility index (Phi) is 8.44. The fourth-order valence-corrected chi connectivity index (χ4v) is 4.10. The van der Waals surface area contributed by atoms with Gasteiger partial charge in [0, 0.05) is 0 Å². The molecule has 0 spiro atoms. The molecule has 2 aromatic rings. The van der Waals surface area contributed by atoms with Crippen LogP contribution in [-0.2, 0) is 14.8 Å². The highest BCUT2D eigenvalue weighted by Crippen LogP contribution is 2.24. The second-order valence-corrected chi connectivity index (χ2v) is 8.65. The molecule has 0 unspecified atom stereocenters. The molecule has 1 N–H and O–H groups in total. The van der Waals surface area contributed by atoms with E-state index in [0.29, 0.717) is 30.4 Å². The van der Waals surface area contributed by atoms with Gasteiger partial charge in [0.2, 0.25) is 10.0 Å². The molecule has 9 heteroatoms. The molecule has 2 aromatic carbocycles. The monoisotopic (exact) mass is 447 g/mol. The number of nitrogens with one attached hydrogen (secondary N) is 1. The van der Waals surface area contributed by atoms with Crippen molar-refractivity contribution in [2.75, 3.05) is 23.8 Å². The molecule has 0 fully saturated rings. The van der Waals surface area contributed by atoms with Crippen molar-refractivity contribution in [3.63, 3.8) is 0 Å². The van der Waals surface area contributed by atoms with Crippen LogP contribution in [-0.4, -0.2) is 45.5 Å². The summed E-state index contributed by atoms with van der Waals surface area (Å²) in [4.78, 5) is 12.7. The molecule has 0 aliphatic heterocycles. The molecule has 168 valence electrons. The van der Waals surface area contributed by atoms with Gasteiger partial charge in [-0.05, 0) is 81.8 Å². The molecule has 0 bridgehead atoms. The Hall–Kier alpha value is -3.07. The van der Waals surface area contributed by atoms with Gasteiger partial charge in [0.25, 0.3) is 5.91 Å². The van der Waals surface area contributed by atoms with Crippen molar-refractivity contribution < 1.29 is 22.7 Å². The number of nitrogens with zero attached hydrogens (tertiary/aromatic N) is 2. The number of carbonyl (C=O) groups is 1. The highest BCUT2D eigenvalue weighted by atomic mass is 32.2. The zero-order valence-corrected chi connectivity index (χ0v) is 19.3. The first-order valence-corrected chi connectivity index (χ1v) is 11.8. The summed E-state index contributed by atoms with van der Waals surface area (Å²) in [5.74, 6) is 0.813. The van der Waals surface area contributed by atoms with E-state index in [4.69, 9.17) is 9.47 Å². The lowest BCUT2D eigenvalue weighted by Gasteiger charge is -2.27. The van der Waals surface area contributed by atoms with Gasteiger partial charge in [-0.25, -0.2) is 13.8 Å². The maximum Gasteiger partial charge on any atom is 0.263 e. The van der Waals surface area contributed by atoms with Crippen molar-refractivity contribution in [1.82, 2.24) is 5.43 Å². The maximum absolute atomic E-state index is 12.7. The smallest absolute Gasteiger partial charge is 0.263 e. The topological polar surface area (TPSA) is 97.3 Å². The van der Waals surface area contributed by atoms with E-state index >= 15 is 0 Å². The van der Waals surface area contributed by atoms with Gasteiger partial charge in [-0.15, -0.1) is 0 Å². The highest BCUT2D eigenvalue weighted by Gasteiger charge is 2.29. The second-order valence-electron chi connectivity index (χ2n) is 6.79. The SMILES string of the molecule is CCOc1ccc(/C(C)=N\NC(=O)[C@H](C)N(c2ccc(OCC)cc2)S(C)(=O)=O)cc1. The standard InChI is InChI=1S/C22H29N3O5S/c1-6-29-20-12-8-18(9-13-20)16(3)23-24-22(26)17(4)25(31(5,27)28)19-10-14-21(15-11-19)30-7-2/h8-15,17H,6-7H2,1-5H3,(H,24,26)/b23-16-/t17-/m0/s1. The van der Waals surface area contributed by atoms with Crippen molar-refractivity contribution in [2.24, 2.45) is 5.10 Å². The normalized spacial score (nSPS) is 12.7. The van der Waals surface area contributed by atoms with Crippen LogP contribution in [0.2, 0.25) is 0 Å². The largest absolute Gasteiger partial charge is 0.494 e. The first kappa shape index (κ1) is 24.2. The molecule has 0 radical (unpaired) electrons. The number of hydrogen-bond acceptors (Lipinski definition) is 6. The molecule has 8 nitrogen and oxygen atoms in total. The van der Waals surface area contributed by atoms with E-state index in [1.54, 1.807) is 31.2 Å². The van der Waals surface area contributed by atoms with E-state index in [1.807, 2.05) is 38.1 Å². The van der Waals surface area contributed by atoms with Crippen molar-refractivity contribution in [3.05, 3.63) is 54.1 Å². The van der Waals surface area contributed by atoms with Gasteiger partial charge in [-0.3, -0.25) is 9.10 Å². The van der Waals surface area contributed by atoms with Gasteiger partial charge in [0.05, 0.1) is 30.9 Å². The molecule has 0 heterocycles. The lowest BCUT2D eigenvalue weighted by atomic mass is 10.1. The Morgan fingerprint density at radius 2 is 1.48 bits per heavy atom. The molecule has 0 saturated carbocycles. The van der Waals surface area contributed by atoms with E-state index in [9.17, 15) is 13.2 Å². The predicted molar refractivity (Wildman–Crippen MR) is 122 cm³/mol. The van der Waals surface area contributed by atoms with E-state index in [-0.39, 0.29) is 0 Å². The zero-order valence-electron chi connectivity index (χ0n) is 18.5. The number of anilines is 1. The first-order valence-electron chi connectivity index (χ1n) is 9.97. The summed E-state index contributed by atoms with van der Waals surface area (Å²) in [7, 11) is -3.72. The number of benzene rings is 2. The quantitative estimate of drug-likeness (QED) is 0.446. The van der Waals surface area contributed by atoms with Gasteiger partial charge in [0.1, 0.15) is 17.5 Å². The summed E-state index contributed by atoms with van der Waals surface area (Å²) in [6.07, 6.45) is 1.06. The Labute approximate surface area is 183 Å². The minimum Gasteiger partial charge on any atom is -0.494 e. The summed E-state index contributed by atoms with van der Waals surface area (Å²) in [5.41, 5.74) is 4.21. The van der Waals surface area contributed by atoms with Gasteiger partial charge < -0.3 is 9.47 Å². The fraction of sp³-hybridized carbons (Fsp3) is 0.364. The zero-order chi connectivity index (χ0) is 23.0. The predicted octanol–water partition coefficient (Wildman–Crippen LogP) is 3.18. The number of rotatable bonds is 10. The summed E-state index contributed by atoms with van der Waals surface area (Å²) in [6.45, 7) is 8.10. The third kappa shape index (κ3) is 6.71. The molecule has 1 atom stereocenters. The summed E-state index contributed by atoms with van der Waals surface area (Å²) in [6, 6.07) is 12.8. The second kappa shape index (κ2) is 10.8. The van der Waals surface area contributed by atoms with Crippen LogP contribution in [0.3, 0.4) is 0 Å². The molecule has 0 aliphatic carbocycles. The van der Waals surface area contributed by atoms with Crippen LogP contribution in [0.15, 0.2) is 53.6 Å². The van der Waals surface area contributed by atoms with Crippen molar-refractivity contribution in [1.29, 1.82) is 0 Å². The van der Waals surface area contributed by atoms with Crippen LogP contribution in [0.4, 0.5) is 5.69 Å². The summed E-state index contributed by atoms with van der Waals surface area (Å²) < 4.78 is 36.7. The first-order chi connectivity index (χ1) is 14.7. The number of amides is 1. The lowest BCUT2D eigenvalue weighted by Crippen LogP contribution is -2.46. The average molecular weight is 448 g/mol. The molecule has 0 aromatic heterocycles. The van der Waals surface area contributed by atoms with Gasteiger partial charge in [-0.2, -0.15) is 5.10 Å². The van der Waals surface area contributed by atoms with Crippen LogP contribution in [0.1, 0.15) is 33.3 Å². The van der Waals surface area contributed by atoms with Crippen LogP contribution >= 0.6 is 0 Å².